The molecular formula is C28H16N4O6. The Morgan fingerprint density at radius 3 is 1.26 bits per heavy atom. The van der Waals surface area contributed by atoms with Gasteiger partial charge in [0.25, 0.3) is 23.6 Å². The fourth-order valence-electron chi connectivity index (χ4n) is 3.98. The number of aromatic nitrogens is 2. The normalized spacial score (nSPS) is 14.7. The van der Waals surface area contributed by atoms with Crippen molar-refractivity contribution in [2.24, 2.45) is 0 Å². The standard InChI is InChI=1S/C28H16N4O6/c33-23-13-14-24(34)31(23)19-5-1-17(2-6-19)27-29-30-28(38-27)18-3-9-21(10-4-18)37-22-11-7-20(8-12-22)32-25(35)15-16-26(32)36/h1-16H. The Balaban J connectivity index is 1.12. The number of benzene rings is 3. The van der Waals surface area contributed by atoms with Gasteiger partial charge in [-0.05, 0) is 72.8 Å². The number of amides is 4. The summed E-state index contributed by atoms with van der Waals surface area (Å²) in [5, 5.41) is 8.21. The van der Waals surface area contributed by atoms with E-state index in [1.807, 2.05) is 0 Å². The smallest absolute Gasteiger partial charge is 0.258 e. The van der Waals surface area contributed by atoms with Crippen LogP contribution in [0.2, 0.25) is 0 Å². The highest BCUT2D eigenvalue weighted by atomic mass is 16.5. The minimum absolute atomic E-state index is 0.286. The number of carbonyl (C=O) groups is 4. The van der Waals surface area contributed by atoms with Gasteiger partial charge in [0.2, 0.25) is 11.8 Å². The van der Waals surface area contributed by atoms with Crippen LogP contribution in [0.25, 0.3) is 22.9 Å². The van der Waals surface area contributed by atoms with Gasteiger partial charge in [0.05, 0.1) is 11.4 Å². The molecule has 0 bridgehead atoms. The first-order valence-corrected chi connectivity index (χ1v) is 11.4. The van der Waals surface area contributed by atoms with Gasteiger partial charge in [-0.3, -0.25) is 19.2 Å². The number of anilines is 2. The molecule has 0 saturated carbocycles. The molecule has 0 N–H and O–H groups in total. The molecule has 2 aliphatic heterocycles. The van der Waals surface area contributed by atoms with E-state index < -0.39 is 0 Å². The van der Waals surface area contributed by atoms with Crippen molar-refractivity contribution in [3.63, 3.8) is 0 Å². The molecule has 0 saturated heterocycles. The van der Waals surface area contributed by atoms with Crippen molar-refractivity contribution in [3.05, 3.63) is 97.1 Å². The number of nitrogens with zero attached hydrogens (tertiary/aromatic N) is 4. The fraction of sp³-hybridized carbons (Fsp3) is 0. The van der Waals surface area contributed by atoms with E-state index in [1.54, 1.807) is 72.8 Å². The van der Waals surface area contributed by atoms with Crippen molar-refractivity contribution in [2.75, 3.05) is 9.80 Å². The highest BCUT2D eigenvalue weighted by Gasteiger charge is 2.26. The molecule has 1 aromatic heterocycles. The summed E-state index contributed by atoms with van der Waals surface area (Å²) < 4.78 is 11.7. The van der Waals surface area contributed by atoms with Crippen molar-refractivity contribution in [3.8, 4) is 34.4 Å². The topological polar surface area (TPSA) is 123 Å². The Bertz CT molecular complexity index is 1610. The van der Waals surface area contributed by atoms with Crippen LogP contribution in [-0.2, 0) is 19.2 Å². The van der Waals surface area contributed by atoms with Crippen LogP contribution in [0.15, 0.2) is 102 Å². The summed E-state index contributed by atoms with van der Waals surface area (Å²) in [6.45, 7) is 0. The van der Waals surface area contributed by atoms with Gasteiger partial charge in [0.15, 0.2) is 0 Å². The van der Waals surface area contributed by atoms with E-state index in [0.29, 0.717) is 39.9 Å². The van der Waals surface area contributed by atoms with Gasteiger partial charge in [0, 0.05) is 35.4 Å². The zero-order chi connectivity index (χ0) is 26.2. The zero-order valence-electron chi connectivity index (χ0n) is 19.5. The third-order valence-corrected chi connectivity index (χ3v) is 5.85. The molecule has 0 aliphatic carbocycles. The summed E-state index contributed by atoms with van der Waals surface area (Å²) in [7, 11) is 0. The molecule has 0 spiro atoms. The maximum atomic E-state index is 11.9. The molecule has 3 aromatic carbocycles. The van der Waals surface area contributed by atoms with Gasteiger partial charge in [-0.15, -0.1) is 10.2 Å². The third-order valence-electron chi connectivity index (χ3n) is 5.85. The highest BCUT2D eigenvalue weighted by Crippen LogP contribution is 2.30. The first-order valence-electron chi connectivity index (χ1n) is 11.4. The Morgan fingerprint density at radius 2 is 0.842 bits per heavy atom. The molecule has 10 nitrogen and oxygen atoms in total. The van der Waals surface area contributed by atoms with Crippen LogP contribution in [0.4, 0.5) is 11.4 Å². The number of carbonyl (C=O) groups excluding carboxylic acids is 4. The van der Waals surface area contributed by atoms with Crippen LogP contribution < -0.4 is 14.5 Å². The average molecular weight is 504 g/mol. The van der Waals surface area contributed by atoms with Crippen molar-refractivity contribution < 1.29 is 28.3 Å². The summed E-state index contributed by atoms with van der Waals surface area (Å²) in [4.78, 5) is 49.5. The van der Waals surface area contributed by atoms with Crippen molar-refractivity contribution in [2.45, 2.75) is 0 Å². The van der Waals surface area contributed by atoms with E-state index >= 15 is 0 Å². The van der Waals surface area contributed by atoms with Gasteiger partial charge < -0.3 is 9.15 Å². The van der Waals surface area contributed by atoms with E-state index in [0.717, 1.165) is 9.80 Å². The van der Waals surface area contributed by atoms with Crippen LogP contribution in [0.1, 0.15) is 0 Å². The second-order valence-electron chi connectivity index (χ2n) is 8.27. The SMILES string of the molecule is O=C1C=CC(=O)N1c1ccc(Oc2ccc(-c3nnc(-c4ccc(N5C(=O)C=CC5=O)cc4)o3)cc2)cc1. The summed E-state index contributed by atoms with van der Waals surface area (Å²) in [5.74, 6) is 0.148. The molecule has 0 atom stereocenters. The van der Waals surface area contributed by atoms with Gasteiger partial charge >= 0.3 is 0 Å². The maximum Gasteiger partial charge on any atom is 0.258 e. The Morgan fingerprint density at radius 1 is 0.500 bits per heavy atom. The number of hydrogen-bond donors (Lipinski definition) is 0. The lowest BCUT2D eigenvalue weighted by Gasteiger charge is -2.14. The Kier molecular flexibility index (Phi) is 5.46. The Hall–Kier alpha value is -5.64. The van der Waals surface area contributed by atoms with Gasteiger partial charge in [-0.2, -0.15) is 0 Å². The quantitative estimate of drug-likeness (QED) is 0.360. The number of ether oxygens (including phenoxy) is 1. The third kappa shape index (κ3) is 4.16. The number of imide groups is 2. The van der Waals surface area contributed by atoms with Gasteiger partial charge in [-0.1, -0.05) is 0 Å². The predicted molar refractivity (Wildman–Crippen MR) is 135 cm³/mol. The minimum Gasteiger partial charge on any atom is -0.457 e. The maximum absolute atomic E-state index is 11.9. The average Bonchev–Trinajstić information content (AvgIpc) is 3.64. The van der Waals surface area contributed by atoms with Crippen LogP contribution in [0.3, 0.4) is 0 Å². The minimum atomic E-state index is -0.389. The largest absolute Gasteiger partial charge is 0.457 e. The highest BCUT2D eigenvalue weighted by molar-refractivity contribution is 6.28. The van der Waals surface area contributed by atoms with E-state index in [-0.39, 0.29) is 29.5 Å². The van der Waals surface area contributed by atoms with Crippen LogP contribution in [0, 0.1) is 0 Å². The summed E-state index contributed by atoms with van der Waals surface area (Å²) in [5.41, 5.74) is 2.23. The van der Waals surface area contributed by atoms with Crippen LogP contribution in [-0.4, -0.2) is 33.8 Å². The first-order chi connectivity index (χ1) is 18.5. The molecule has 38 heavy (non-hydrogen) atoms. The first kappa shape index (κ1) is 22.8. The molecule has 6 rings (SSSR count). The van der Waals surface area contributed by atoms with Gasteiger partial charge in [-0.25, -0.2) is 9.80 Å². The lowest BCUT2D eigenvalue weighted by molar-refractivity contribution is -0.121. The fourth-order valence-corrected chi connectivity index (χ4v) is 3.98. The monoisotopic (exact) mass is 504 g/mol. The second kappa shape index (κ2) is 9.10. The molecule has 0 radical (unpaired) electrons. The molecule has 4 aromatic rings. The van der Waals surface area contributed by atoms with E-state index in [1.165, 1.54) is 24.3 Å². The summed E-state index contributed by atoms with van der Waals surface area (Å²) in [6, 6.07) is 20.3. The lowest BCUT2D eigenvalue weighted by Crippen LogP contribution is -2.29. The molecular weight excluding hydrogens is 488 g/mol. The van der Waals surface area contributed by atoms with Crippen molar-refractivity contribution in [1.82, 2.24) is 10.2 Å². The van der Waals surface area contributed by atoms with Crippen molar-refractivity contribution in [1.29, 1.82) is 0 Å². The number of rotatable bonds is 6. The molecule has 3 heterocycles. The molecule has 0 unspecified atom stereocenters. The van der Waals surface area contributed by atoms with E-state index in [9.17, 15) is 19.2 Å². The summed E-state index contributed by atoms with van der Waals surface area (Å²) in [6.07, 6.45) is 4.92. The van der Waals surface area contributed by atoms with Crippen molar-refractivity contribution >= 4 is 35.0 Å². The van der Waals surface area contributed by atoms with Crippen LogP contribution >= 0.6 is 0 Å². The van der Waals surface area contributed by atoms with E-state index in [2.05, 4.69) is 10.2 Å². The molecule has 184 valence electrons. The summed E-state index contributed by atoms with van der Waals surface area (Å²) >= 11 is 0. The Labute approximate surface area is 215 Å². The second-order valence-corrected chi connectivity index (χ2v) is 8.27. The molecule has 0 fully saturated rings. The van der Waals surface area contributed by atoms with Gasteiger partial charge in [0.1, 0.15) is 11.5 Å². The lowest BCUT2D eigenvalue weighted by atomic mass is 10.2. The predicted octanol–water partition coefficient (Wildman–Crippen LogP) is 4.05. The van der Waals surface area contributed by atoms with E-state index in [4.69, 9.17) is 9.15 Å². The number of hydrogen-bond acceptors (Lipinski definition) is 8. The molecule has 4 amide bonds. The zero-order valence-corrected chi connectivity index (χ0v) is 19.5. The van der Waals surface area contributed by atoms with Crippen LogP contribution in [0.5, 0.6) is 11.5 Å². The molecule has 2 aliphatic rings. The molecule has 10 heteroatoms.